The molecule has 0 saturated carbocycles. The van der Waals surface area contributed by atoms with Crippen LogP contribution in [0.3, 0.4) is 0 Å². The van der Waals surface area contributed by atoms with Gasteiger partial charge in [0.2, 0.25) is 0 Å². The molecule has 5 heteroatoms. The van der Waals surface area contributed by atoms with Crippen molar-refractivity contribution in [2.45, 2.75) is 50.3 Å². The van der Waals surface area contributed by atoms with E-state index >= 15 is 0 Å². The normalized spacial score (nSPS) is 15.7. The van der Waals surface area contributed by atoms with Gasteiger partial charge in [0.1, 0.15) is 0 Å². The number of aryl methyl sites for hydroxylation is 2. The van der Waals surface area contributed by atoms with Gasteiger partial charge in [-0.3, -0.25) is 9.48 Å². The minimum Gasteiger partial charge on any atom is -0.338 e. The number of amides is 1. The smallest absolute Gasteiger partial charge is 0.257 e. The highest BCUT2D eigenvalue weighted by Gasteiger charge is 2.26. The fraction of sp³-hybridized carbons (Fsp3) is 0.474. The van der Waals surface area contributed by atoms with Crippen LogP contribution in [0.4, 0.5) is 0 Å². The van der Waals surface area contributed by atoms with Gasteiger partial charge in [0.15, 0.2) is 0 Å². The molecule has 1 aromatic carbocycles. The lowest BCUT2D eigenvalue weighted by Crippen LogP contribution is -2.39. The molecule has 0 atom stereocenters. The fourth-order valence-corrected chi connectivity index (χ4v) is 4.41. The van der Waals surface area contributed by atoms with E-state index in [1.807, 2.05) is 35.2 Å². The van der Waals surface area contributed by atoms with E-state index in [-0.39, 0.29) is 5.91 Å². The zero-order chi connectivity index (χ0) is 17.1. The van der Waals surface area contributed by atoms with Crippen LogP contribution in [0.2, 0.25) is 0 Å². The lowest BCUT2D eigenvalue weighted by molar-refractivity contribution is 0.0726. The van der Waals surface area contributed by atoms with Gasteiger partial charge < -0.3 is 4.90 Å². The Bertz CT molecular complexity index is 717. The summed E-state index contributed by atoms with van der Waals surface area (Å²) in [5.74, 6) is 0.131. The van der Waals surface area contributed by atoms with Crippen molar-refractivity contribution >= 4 is 17.7 Å². The molecule has 4 nitrogen and oxygen atoms in total. The summed E-state index contributed by atoms with van der Waals surface area (Å²) >= 11 is 1.96. The third kappa shape index (κ3) is 3.51. The molecule has 1 saturated heterocycles. The fourth-order valence-electron chi connectivity index (χ4n) is 3.19. The summed E-state index contributed by atoms with van der Waals surface area (Å²) < 4.78 is 1.88. The number of hydrogen-bond donors (Lipinski definition) is 0. The van der Waals surface area contributed by atoms with Crippen LogP contribution in [0.5, 0.6) is 0 Å². The van der Waals surface area contributed by atoms with E-state index in [1.165, 1.54) is 10.5 Å². The summed E-state index contributed by atoms with van der Waals surface area (Å²) in [6.07, 6.45) is 3.81. The minimum atomic E-state index is 0.131. The molecule has 1 amide bonds. The summed E-state index contributed by atoms with van der Waals surface area (Å²) in [5.41, 5.74) is 3.06. The Kier molecular flexibility index (Phi) is 5.29. The minimum absolute atomic E-state index is 0.131. The lowest BCUT2D eigenvalue weighted by atomic mass is 10.1. The quantitative estimate of drug-likeness (QED) is 0.844. The maximum absolute atomic E-state index is 12.7. The number of thioether (sulfide) groups is 1. The molecule has 0 unspecified atom stereocenters. The summed E-state index contributed by atoms with van der Waals surface area (Å²) in [5, 5.41) is 4.89. The average Bonchev–Trinajstić information content (AvgIpc) is 2.97. The van der Waals surface area contributed by atoms with Crippen molar-refractivity contribution in [1.82, 2.24) is 14.7 Å². The predicted octanol–water partition coefficient (Wildman–Crippen LogP) is 3.92. The number of carbonyl (C=O) groups excluding carboxylic acids is 1. The first-order valence-corrected chi connectivity index (χ1v) is 9.52. The summed E-state index contributed by atoms with van der Waals surface area (Å²) in [6.45, 7) is 8.65. The number of nitrogens with zero attached hydrogens (tertiary/aromatic N) is 3. The molecule has 0 N–H and O–H groups in total. The van der Waals surface area contributed by atoms with Gasteiger partial charge in [-0.05, 0) is 45.2 Å². The lowest BCUT2D eigenvalue weighted by Gasteiger charge is -2.32. The van der Waals surface area contributed by atoms with Crippen LogP contribution in [0.1, 0.15) is 41.4 Å². The van der Waals surface area contributed by atoms with E-state index in [1.54, 1.807) is 6.20 Å². The molecule has 2 heterocycles. The Hall–Kier alpha value is -1.75. The van der Waals surface area contributed by atoms with Gasteiger partial charge in [-0.1, -0.05) is 18.2 Å². The SMILES string of the molecule is CCn1ncc(C(=O)N2CCC(Sc3ccccc3C)CC2)c1C. The van der Waals surface area contributed by atoms with Crippen LogP contribution >= 0.6 is 11.8 Å². The topological polar surface area (TPSA) is 38.1 Å². The monoisotopic (exact) mass is 343 g/mol. The summed E-state index contributed by atoms with van der Waals surface area (Å²) in [7, 11) is 0. The molecule has 0 aliphatic carbocycles. The first-order valence-electron chi connectivity index (χ1n) is 8.64. The summed E-state index contributed by atoms with van der Waals surface area (Å²) in [6, 6.07) is 8.54. The van der Waals surface area contributed by atoms with Crippen molar-refractivity contribution in [1.29, 1.82) is 0 Å². The Morgan fingerprint density at radius 2 is 1.96 bits per heavy atom. The molecule has 0 bridgehead atoms. The Labute approximate surface area is 148 Å². The van der Waals surface area contributed by atoms with E-state index < -0.39 is 0 Å². The van der Waals surface area contributed by atoms with Crippen molar-refractivity contribution in [3.63, 3.8) is 0 Å². The molecule has 1 fully saturated rings. The van der Waals surface area contributed by atoms with Gasteiger partial charge in [-0.2, -0.15) is 5.10 Å². The number of aromatic nitrogens is 2. The average molecular weight is 343 g/mol. The van der Waals surface area contributed by atoms with Crippen molar-refractivity contribution in [2.24, 2.45) is 0 Å². The summed E-state index contributed by atoms with van der Waals surface area (Å²) in [4.78, 5) is 16.1. The van der Waals surface area contributed by atoms with Crippen molar-refractivity contribution in [3.8, 4) is 0 Å². The maximum Gasteiger partial charge on any atom is 0.257 e. The number of benzene rings is 1. The molecular formula is C19H25N3OS. The van der Waals surface area contributed by atoms with Crippen LogP contribution in [0, 0.1) is 13.8 Å². The number of rotatable bonds is 4. The zero-order valence-electron chi connectivity index (χ0n) is 14.7. The van der Waals surface area contributed by atoms with Gasteiger partial charge in [-0.15, -0.1) is 11.8 Å². The van der Waals surface area contributed by atoms with Crippen LogP contribution in [-0.4, -0.2) is 38.9 Å². The van der Waals surface area contributed by atoms with Crippen molar-refractivity contribution < 1.29 is 4.79 Å². The molecule has 3 rings (SSSR count). The van der Waals surface area contributed by atoms with Crippen molar-refractivity contribution in [3.05, 3.63) is 47.3 Å². The van der Waals surface area contributed by atoms with E-state index in [9.17, 15) is 4.79 Å². The number of hydrogen-bond acceptors (Lipinski definition) is 3. The van der Waals surface area contributed by atoms with Gasteiger partial charge in [-0.25, -0.2) is 0 Å². The van der Waals surface area contributed by atoms with Crippen LogP contribution in [-0.2, 0) is 6.54 Å². The van der Waals surface area contributed by atoms with E-state index in [4.69, 9.17) is 0 Å². The Morgan fingerprint density at radius 3 is 2.58 bits per heavy atom. The van der Waals surface area contributed by atoms with Gasteiger partial charge >= 0.3 is 0 Å². The number of piperidine rings is 1. The van der Waals surface area contributed by atoms with Crippen LogP contribution in [0.15, 0.2) is 35.4 Å². The van der Waals surface area contributed by atoms with Gasteiger partial charge in [0, 0.05) is 35.5 Å². The van der Waals surface area contributed by atoms with Gasteiger partial charge in [0.25, 0.3) is 5.91 Å². The molecule has 1 aliphatic rings. The van der Waals surface area contributed by atoms with Crippen molar-refractivity contribution in [2.75, 3.05) is 13.1 Å². The third-order valence-corrected chi connectivity index (χ3v) is 6.27. The second-order valence-electron chi connectivity index (χ2n) is 6.33. The first kappa shape index (κ1) is 17.1. The molecule has 1 aliphatic heterocycles. The largest absolute Gasteiger partial charge is 0.338 e. The number of likely N-dealkylation sites (tertiary alicyclic amines) is 1. The van der Waals surface area contributed by atoms with E-state index in [0.29, 0.717) is 5.25 Å². The Balaban J connectivity index is 1.59. The van der Waals surface area contributed by atoms with Crippen LogP contribution < -0.4 is 0 Å². The Morgan fingerprint density at radius 1 is 1.25 bits per heavy atom. The van der Waals surface area contributed by atoms with Crippen LogP contribution in [0.25, 0.3) is 0 Å². The molecular weight excluding hydrogens is 318 g/mol. The third-order valence-electron chi connectivity index (χ3n) is 4.75. The molecule has 0 radical (unpaired) electrons. The molecule has 24 heavy (non-hydrogen) atoms. The predicted molar refractivity (Wildman–Crippen MR) is 98.6 cm³/mol. The molecule has 1 aromatic heterocycles. The second kappa shape index (κ2) is 7.43. The number of carbonyl (C=O) groups is 1. The second-order valence-corrected chi connectivity index (χ2v) is 7.68. The highest BCUT2D eigenvalue weighted by atomic mass is 32.2. The van der Waals surface area contributed by atoms with E-state index in [2.05, 4.69) is 36.3 Å². The molecule has 128 valence electrons. The zero-order valence-corrected chi connectivity index (χ0v) is 15.5. The molecule has 0 spiro atoms. The molecule has 2 aromatic rings. The van der Waals surface area contributed by atoms with Gasteiger partial charge in [0.05, 0.1) is 11.8 Å². The standard InChI is InChI=1S/C19H25N3OS/c1-4-22-15(3)17(13-20-22)19(23)21-11-9-16(10-12-21)24-18-8-6-5-7-14(18)2/h5-8,13,16H,4,9-12H2,1-3H3. The first-order chi connectivity index (χ1) is 11.6. The van der Waals surface area contributed by atoms with E-state index in [0.717, 1.165) is 43.7 Å². The highest BCUT2D eigenvalue weighted by Crippen LogP contribution is 2.32. The maximum atomic E-state index is 12.7. The highest BCUT2D eigenvalue weighted by molar-refractivity contribution is 8.00.